The van der Waals surface area contributed by atoms with Gasteiger partial charge in [-0.25, -0.2) is 4.39 Å². The van der Waals surface area contributed by atoms with Crippen molar-refractivity contribution >= 4 is 0 Å². The Labute approximate surface area is 115 Å². The third-order valence-corrected chi connectivity index (χ3v) is 3.17. The van der Waals surface area contributed by atoms with Crippen LogP contribution < -0.4 is 9.47 Å². The molecule has 0 amide bonds. The summed E-state index contributed by atoms with van der Waals surface area (Å²) in [6, 6.07) is 4.50. The van der Waals surface area contributed by atoms with Crippen LogP contribution in [0.2, 0.25) is 0 Å². The molecule has 1 aromatic heterocycles. The van der Waals surface area contributed by atoms with E-state index in [4.69, 9.17) is 14.0 Å². The Morgan fingerprint density at radius 1 is 1.40 bits per heavy atom. The molecule has 3 rings (SSSR count). The lowest BCUT2D eigenvalue weighted by Gasteiger charge is -2.09. The molecule has 0 radical (unpaired) electrons. The number of benzene rings is 1. The number of methoxy groups -OCH3 is 1. The highest BCUT2D eigenvalue weighted by Gasteiger charge is 2.24. The molecule has 0 atom stereocenters. The van der Waals surface area contributed by atoms with Gasteiger partial charge >= 0.3 is 0 Å². The summed E-state index contributed by atoms with van der Waals surface area (Å²) in [5.41, 5.74) is 0. The molecule has 0 N–H and O–H groups in total. The van der Waals surface area contributed by atoms with E-state index in [0.717, 1.165) is 6.42 Å². The molecule has 0 unspecified atom stereocenters. The first kappa shape index (κ1) is 12.9. The van der Waals surface area contributed by atoms with Gasteiger partial charge in [0.2, 0.25) is 0 Å². The second-order valence-electron chi connectivity index (χ2n) is 4.81. The van der Waals surface area contributed by atoms with Crippen LogP contribution >= 0.6 is 0 Å². The van der Waals surface area contributed by atoms with Crippen molar-refractivity contribution in [3.05, 3.63) is 35.7 Å². The average Bonchev–Trinajstić information content (AvgIpc) is 3.15. The van der Waals surface area contributed by atoms with Crippen LogP contribution in [0, 0.1) is 11.7 Å². The predicted octanol–water partition coefficient (Wildman–Crippen LogP) is 2.75. The summed E-state index contributed by atoms with van der Waals surface area (Å²) in [4.78, 5) is 4.22. The number of nitrogens with zero attached hydrogens (tertiary/aromatic N) is 2. The molecule has 1 aromatic carbocycles. The first-order chi connectivity index (χ1) is 9.76. The zero-order valence-corrected chi connectivity index (χ0v) is 11.1. The zero-order chi connectivity index (χ0) is 13.9. The molecule has 1 aliphatic rings. The number of para-hydroxylation sites is 1. The minimum absolute atomic E-state index is 0.0228. The van der Waals surface area contributed by atoms with Gasteiger partial charge in [-0.15, -0.1) is 0 Å². The minimum Gasteiger partial charge on any atom is -0.493 e. The lowest BCUT2D eigenvalue weighted by molar-refractivity contribution is 0.224. The van der Waals surface area contributed by atoms with E-state index in [1.165, 1.54) is 26.0 Å². The van der Waals surface area contributed by atoms with Crippen molar-refractivity contribution in [3.63, 3.8) is 0 Å². The van der Waals surface area contributed by atoms with Crippen LogP contribution in [0.1, 0.15) is 24.6 Å². The maximum atomic E-state index is 13.7. The largest absolute Gasteiger partial charge is 0.493 e. The Bertz CT molecular complexity index is 596. The van der Waals surface area contributed by atoms with Crippen molar-refractivity contribution in [3.8, 4) is 11.5 Å². The molecule has 1 aliphatic carbocycles. The number of ether oxygens (including phenoxy) is 2. The first-order valence-corrected chi connectivity index (χ1v) is 6.53. The number of halogens is 1. The molecule has 1 heterocycles. The topological polar surface area (TPSA) is 57.4 Å². The average molecular weight is 278 g/mol. The molecular formula is C14H15FN2O3. The summed E-state index contributed by atoms with van der Waals surface area (Å²) in [5, 5.41) is 3.88. The van der Waals surface area contributed by atoms with Gasteiger partial charge in [0.15, 0.2) is 29.7 Å². The highest BCUT2D eigenvalue weighted by Crippen LogP contribution is 2.32. The summed E-state index contributed by atoms with van der Waals surface area (Å²) in [6.45, 7) is 0.0228. The van der Waals surface area contributed by atoms with E-state index in [0.29, 0.717) is 23.4 Å². The summed E-state index contributed by atoms with van der Waals surface area (Å²) in [7, 11) is 1.46. The summed E-state index contributed by atoms with van der Waals surface area (Å²) < 4.78 is 29.2. The van der Waals surface area contributed by atoms with E-state index in [-0.39, 0.29) is 12.4 Å². The van der Waals surface area contributed by atoms with Gasteiger partial charge in [-0.1, -0.05) is 11.2 Å². The number of hydrogen-bond acceptors (Lipinski definition) is 5. The Morgan fingerprint density at radius 3 is 3.00 bits per heavy atom. The smallest absolute Gasteiger partial charge is 0.264 e. The van der Waals surface area contributed by atoms with Crippen LogP contribution in [0.4, 0.5) is 4.39 Å². The van der Waals surface area contributed by atoms with E-state index in [9.17, 15) is 4.39 Å². The molecule has 6 heteroatoms. The van der Waals surface area contributed by atoms with Crippen molar-refractivity contribution in [2.45, 2.75) is 25.9 Å². The molecule has 1 saturated carbocycles. The van der Waals surface area contributed by atoms with Crippen LogP contribution in [0.3, 0.4) is 0 Å². The second kappa shape index (κ2) is 5.48. The molecule has 1 fully saturated rings. The van der Waals surface area contributed by atoms with Gasteiger partial charge in [-0.3, -0.25) is 0 Å². The fourth-order valence-electron chi connectivity index (χ4n) is 1.94. The normalized spacial score (nSPS) is 14.3. The minimum atomic E-state index is -0.484. The van der Waals surface area contributed by atoms with Gasteiger partial charge in [0.25, 0.3) is 5.89 Å². The molecule has 106 valence electrons. The van der Waals surface area contributed by atoms with Gasteiger partial charge < -0.3 is 14.0 Å². The van der Waals surface area contributed by atoms with Crippen LogP contribution in [-0.4, -0.2) is 17.3 Å². The van der Waals surface area contributed by atoms with E-state index in [2.05, 4.69) is 10.1 Å². The first-order valence-electron chi connectivity index (χ1n) is 6.53. The van der Waals surface area contributed by atoms with Crippen molar-refractivity contribution in [1.29, 1.82) is 0 Å². The Morgan fingerprint density at radius 2 is 2.25 bits per heavy atom. The quantitative estimate of drug-likeness (QED) is 0.813. The Hall–Kier alpha value is -2.11. The van der Waals surface area contributed by atoms with Gasteiger partial charge in [0.1, 0.15) is 0 Å². The monoisotopic (exact) mass is 278 g/mol. The van der Waals surface area contributed by atoms with E-state index in [1.807, 2.05) is 0 Å². The number of rotatable bonds is 6. The fraction of sp³-hybridized carbons (Fsp3) is 0.429. The predicted molar refractivity (Wildman–Crippen MR) is 68.0 cm³/mol. The molecule has 2 aromatic rings. The van der Waals surface area contributed by atoms with E-state index >= 15 is 0 Å². The van der Waals surface area contributed by atoms with Gasteiger partial charge in [0, 0.05) is 6.42 Å². The molecule has 0 bridgehead atoms. The fourth-order valence-corrected chi connectivity index (χ4v) is 1.94. The second-order valence-corrected chi connectivity index (χ2v) is 4.81. The Kier molecular flexibility index (Phi) is 3.54. The Balaban J connectivity index is 1.65. The van der Waals surface area contributed by atoms with Crippen molar-refractivity contribution in [2.75, 3.05) is 7.11 Å². The maximum Gasteiger partial charge on any atom is 0.264 e. The van der Waals surface area contributed by atoms with Crippen LogP contribution in [0.15, 0.2) is 22.7 Å². The molecule has 20 heavy (non-hydrogen) atoms. The third-order valence-electron chi connectivity index (χ3n) is 3.17. The molecular weight excluding hydrogens is 263 g/mol. The molecule has 0 saturated heterocycles. The van der Waals surface area contributed by atoms with Crippen molar-refractivity contribution < 1.29 is 18.4 Å². The molecule has 0 aliphatic heterocycles. The van der Waals surface area contributed by atoms with Gasteiger partial charge in [0.05, 0.1) is 7.11 Å². The zero-order valence-electron chi connectivity index (χ0n) is 11.1. The SMILES string of the molecule is COc1cccc(F)c1OCc1nc(CC2CC2)no1. The van der Waals surface area contributed by atoms with Gasteiger partial charge in [-0.05, 0) is 30.9 Å². The lowest BCUT2D eigenvalue weighted by atomic mass is 10.3. The number of hydrogen-bond donors (Lipinski definition) is 0. The van der Waals surface area contributed by atoms with Crippen LogP contribution in [-0.2, 0) is 13.0 Å². The van der Waals surface area contributed by atoms with Crippen molar-refractivity contribution in [2.24, 2.45) is 5.92 Å². The van der Waals surface area contributed by atoms with Gasteiger partial charge in [-0.2, -0.15) is 4.98 Å². The highest BCUT2D eigenvalue weighted by atomic mass is 19.1. The van der Waals surface area contributed by atoms with E-state index in [1.54, 1.807) is 12.1 Å². The standard InChI is InChI=1S/C14H15FN2O3/c1-18-11-4-2-3-10(15)14(11)19-8-13-16-12(17-20-13)7-9-5-6-9/h2-4,9H,5-8H2,1H3. The molecule has 0 spiro atoms. The van der Waals surface area contributed by atoms with E-state index < -0.39 is 5.82 Å². The summed E-state index contributed by atoms with van der Waals surface area (Å²) >= 11 is 0. The van der Waals surface area contributed by atoms with Crippen LogP contribution in [0.25, 0.3) is 0 Å². The maximum absolute atomic E-state index is 13.7. The van der Waals surface area contributed by atoms with Crippen LogP contribution in [0.5, 0.6) is 11.5 Å². The lowest BCUT2D eigenvalue weighted by Crippen LogP contribution is -2.00. The highest BCUT2D eigenvalue weighted by molar-refractivity contribution is 5.40. The molecule has 5 nitrogen and oxygen atoms in total. The summed E-state index contributed by atoms with van der Waals surface area (Å²) in [6.07, 6.45) is 3.30. The summed E-state index contributed by atoms with van der Waals surface area (Å²) in [5.74, 6) is 1.62. The number of aromatic nitrogens is 2. The van der Waals surface area contributed by atoms with Crippen molar-refractivity contribution in [1.82, 2.24) is 10.1 Å². The third kappa shape index (κ3) is 2.89.